The van der Waals surface area contributed by atoms with E-state index in [1.54, 1.807) is 4.90 Å². The highest BCUT2D eigenvalue weighted by Gasteiger charge is 2.38. The molecular weight excluding hydrogens is 256 g/mol. The fourth-order valence-electron chi connectivity index (χ4n) is 3.63. The van der Waals surface area contributed by atoms with Crippen molar-refractivity contribution in [3.8, 4) is 0 Å². The number of nitrogens with zero attached hydrogens (tertiary/aromatic N) is 1. The van der Waals surface area contributed by atoms with Gasteiger partial charge in [0.25, 0.3) is 0 Å². The molecule has 1 saturated heterocycles. The minimum absolute atomic E-state index is 0.0977. The Balaban J connectivity index is 1.79. The first-order chi connectivity index (χ1) is 9.49. The van der Waals surface area contributed by atoms with Gasteiger partial charge in [0.15, 0.2) is 0 Å². The van der Waals surface area contributed by atoms with E-state index in [0.29, 0.717) is 18.9 Å². The van der Waals surface area contributed by atoms with Gasteiger partial charge in [-0.25, -0.2) is 4.79 Å². The highest BCUT2D eigenvalue weighted by molar-refractivity contribution is 5.78. The third kappa shape index (κ3) is 3.44. The Hall–Kier alpha value is -1.26. The van der Waals surface area contributed by atoms with Crippen LogP contribution in [-0.4, -0.2) is 41.1 Å². The van der Waals surface area contributed by atoms with Crippen LogP contribution in [0.1, 0.15) is 46.0 Å². The summed E-state index contributed by atoms with van der Waals surface area (Å²) >= 11 is 0. The molecule has 4 atom stereocenters. The maximum Gasteiger partial charge on any atom is 0.317 e. The minimum Gasteiger partial charge on any atom is -0.481 e. The summed E-state index contributed by atoms with van der Waals surface area (Å²) in [6, 6.07) is -0.308. The Bertz CT molecular complexity index is 372. The lowest BCUT2D eigenvalue weighted by molar-refractivity contribution is -0.142. The number of rotatable bonds is 3. The van der Waals surface area contributed by atoms with E-state index in [9.17, 15) is 9.59 Å². The lowest BCUT2D eigenvalue weighted by Crippen LogP contribution is -2.45. The Morgan fingerprint density at radius 3 is 2.60 bits per heavy atom. The van der Waals surface area contributed by atoms with E-state index in [4.69, 9.17) is 5.11 Å². The molecule has 0 aromatic heterocycles. The summed E-state index contributed by atoms with van der Waals surface area (Å²) in [5, 5.41) is 12.1. The van der Waals surface area contributed by atoms with Crippen LogP contribution in [0.15, 0.2) is 0 Å². The van der Waals surface area contributed by atoms with Crippen LogP contribution in [-0.2, 0) is 4.79 Å². The van der Waals surface area contributed by atoms with Crippen LogP contribution in [0, 0.1) is 17.8 Å². The summed E-state index contributed by atoms with van der Waals surface area (Å²) in [4.78, 5) is 24.9. The van der Waals surface area contributed by atoms with E-state index in [0.717, 1.165) is 12.5 Å². The zero-order valence-electron chi connectivity index (χ0n) is 12.5. The lowest BCUT2D eigenvalue weighted by Gasteiger charge is -2.29. The van der Waals surface area contributed by atoms with Crippen LogP contribution in [0.4, 0.5) is 4.79 Å². The standard InChI is InChI=1S/C15H26N2O3/c1-10-4-3-5-12(8-10)9-16-15(20)17-7-6-13(11(17)2)14(18)19/h10-13H,3-9H2,1-2H3,(H,16,20)(H,18,19). The second-order valence-electron chi connectivity index (χ2n) is 6.49. The Kier molecular flexibility index (Phi) is 4.89. The first kappa shape index (κ1) is 15.1. The number of urea groups is 1. The van der Waals surface area contributed by atoms with Crippen molar-refractivity contribution in [1.29, 1.82) is 0 Å². The van der Waals surface area contributed by atoms with Crippen molar-refractivity contribution in [2.75, 3.05) is 13.1 Å². The van der Waals surface area contributed by atoms with Crippen molar-refractivity contribution >= 4 is 12.0 Å². The molecular formula is C15H26N2O3. The summed E-state index contributed by atoms with van der Waals surface area (Å²) in [5.74, 6) is 0.119. The maximum absolute atomic E-state index is 12.2. The summed E-state index contributed by atoms with van der Waals surface area (Å²) in [6.45, 7) is 5.37. The highest BCUT2D eigenvalue weighted by Crippen LogP contribution is 2.28. The van der Waals surface area contributed by atoms with E-state index >= 15 is 0 Å². The van der Waals surface area contributed by atoms with Crippen molar-refractivity contribution < 1.29 is 14.7 Å². The van der Waals surface area contributed by atoms with E-state index in [1.807, 2.05) is 6.92 Å². The summed E-state index contributed by atoms with van der Waals surface area (Å²) in [5.41, 5.74) is 0. The molecule has 1 heterocycles. The molecule has 2 aliphatic rings. The molecule has 0 bridgehead atoms. The molecule has 1 aliphatic carbocycles. The van der Waals surface area contributed by atoms with Crippen LogP contribution in [0.3, 0.4) is 0 Å². The molecule has 5 nitrogen and oxygen atoms in total. The molecule has 0 radical (unpaired) electrons. The molecule has 2 N–H and O–H groups in total. The maximum atomic E-state index is 12.2. The van der Waals surface area contributed by atoms with Gasteiger partial charge in [-0.1, -0.05) is 19.8 Å². The topological polar surface area (TPSA) is 69.6 Å². The fourth-order valence-corrected chi connectivity index (χ4v) is 3.63. The van der Waals surface area contributed by atoms with Crippen LogP contribution < -0.4 is 5.32 Å². The summed E-state index contributed by atoms with van der Waals surface area (Å²) in [7, 11) is 0. The number of hydrogen-bond donors (Lipinski definition) is 2. The third-order valence-electron chi connectivity index (χ3n) is 4.92. The number of likely N-dealkylation sites (tertiary alicyclic amines) is 1. The van der Waals surface area contributed by atoms with Gasteiger partial charge in [0.1, 0.15) is 0 Å². The van der Waals surface area contributed by atoms with Gasteiger partial charge in [-0.15, -0.1) is 0 Å². The van der Waals surface area contributed by atoms with Gasteiger partial charge in [-0.05, 0) is 38.0 Å². The predicted octanol–water partition coefficient (Wildman–Crippen LogP) is 2.32. The van der Waals surface area contributed by atoms with Crippen LogP contribution in [0.25, 0.3) is 0 Å². The predicted molar refractivity (Wildman–Crippen MR) is 76.4 cm³/mol. The number of carboxylic acids is 1. The largest absolute Gasteiger partial charge is 0.481 e. The average Bonchev–Trinajstić information content (AvgIpc) is 2.78. The number of carbonyl (C=O) groups excluding carboxylic acids is 1. The van der Waals surface area contributed by atoms with Gasteiger partial charge in [0, 0.05) is 19.1 Å². The van der Waals surface area contributed by atoms with E-state index in [1.165, 1.54) is 25.7 Å². The smallest absolute Gasteiger partial charge is 0.317 e. The molecule has 0 aromatic rings. The fraction of sp³-hybridized carbons (Fsp3) is 0.867. The van der Waals surface area contributed by atoms with Crippen molar-refractivity contribution in [2.45, 2.75) is 52.0 Å². The van der Waals surface area contributed by atoms with Gasteiger partial charge in [-0.2, -0.15) is 0 Å². The first-order valence-corrected chi connectivity index (χ1v) is 7.76. The molecule has 114 valence electrons. The monoisotopic (exact) mass is 282 g/mol. The first-order valence-electron chi connectivity index (χ1n) is 7.76. The molecule has 4 unspecified atom stereocenters. The number of hydrogen-bond acceptors (Lipinski definition) is 2. The molecule has 0 aromatic carbocycles. The lowest BCUT2D eigenvalue weighted by atomic mass is 9.82. The molecule has 5 heteroatoms. The molecule has 2 amide bonds. The summed E-state index contributed by atoms with van der Waals surface area (Å²) < 4.78 is 0. The molecule has 0 spiro atoms. The second kappa shape index (κ2) is 6.46. The average molecular weight is 282 g/mol. The van der Waals surface area contributed by atoms with Crippen molar-refractivity contribution in [2.24, 2.45) is 17.8 Å². The number of amides is 2. The quantitative estimate of drug-likeness (QED) is 0.834. The van der Waals surface area contributed by atoms with Gasteiger partial charge in [-0.3, -0.25) is 4.79 Å². The SMILES string of the molecule is CC1CCCC(CNC(=O)N2CCC(C(=O)O)C2C)C1. The van der Waals surface area contributed by atoms with E-state index in [-0.39, 0.29) is 12.1 Å². The van der Waals surface area contributed by atoms with Crippen LogP contribution in [0.5, 0.6) is 0 Å². The zero-order chi connectivity index (χ0) is 14.7. The molecule has 1 aliphatic heterocycles. The summed E-state index contributed by atoms with van der Waals surface area (Å²) in [6.07, 6.45) is 5.49. The second-order valence-corrected chi connectivity index (χ2v) is 6.49. The van der Waals surface area contributed by atoms with Gasteiger partial charge < -0.3 is 15.3 Å². The van der Waals surface area contributed by atoms with Crippen LogP contribution in [0.2, 0.25) is 0 Å². The van der Waals surface area contributed by atoms with Crippen molar-refractivity contribution in [3.05, 3.63) is 0 Å². The Morgan fingerprint density at radius 2 is 2.00 bits per heavy atom. The molecule has 1 saturated carbocycles. The minimum atomic E-state index is -0.797. The van der Waals surface area contributed by atoms with E-state index < -0.39 is 11.9 Å². The van der Waals surface area contributed by atoms with Gasteiger partial charge in [0.05, 0.1) is 5.92 Å². The number of carbonyl (C=O) groups is 2. The Labute approximate surface area is 120 Å². The highest BCUT2D eigenvalue weighted by atomic mass is 16.4. The van der Waals surface area contributed by atoms with Gasteiger partial charge in [0.2, 0.25) is 0 Å². The number of carboxylic acid groups (broad SMARTS) is 1. The molecule has 2 fully saturated rings. The molecule has 20 heavy (non-hydrogen) atoms. The molecule has 2 rings (SSSR count). The number of aliphatic carboxylic acids is 1. The van der Waals surface area contributed by atoms with Crippen LogP contribution >= 0.6 is 0 Å². The number of nitrogens with one attached hydrogen (secondary N) is 1. The van der Waals surface area contributed by atoms with Gasteiger partial charge >= 0.3 is 12.0 Å². The zero-order valence-corrected chi connectivity index (χ0v) is 12.5. The van der Waals surface area contributed by atoms with E-state index in [2.05, 4.69) is 12.2 Å². The van der Waals surface area contributed by atoms with Crippen molar-refractivity contribution in [1.82, 2.24) is 10.2 Å². The third-order valence-corrected chi connectivity index (χ3v) is 4.92. The normalized spacial score (nSPS) is 34.0. The van der Waals surface area contributed by atoms with Crippen molar-refractivity contribution in [3.63, 3.8) is 0 Å². The Morgan fingerprint density at radius 1 is 1.25 bits per heavy atom.